The van der Waals surface area contributed by atoms with Crippen molar-refractivity contribution in [2.24, 2.45) is 0 Å². The van der Waals surface area contributed by atoms with E-state index in [1.165, 1.54) is 18.6 Å². The Balaban J connectivity index is 1.98. The molecule has 6 nitrogen and oxygen atoms in total. The van der Waals surface area contributed by atoms with Crippen LogP contribution in [0, 0.1) is 10.1 Å². The highest BCUT2D eigenvalue weighted by Gasteiger charge is 2.43. The topological polar surface area (TPSA) is 75.8 Å². The van der Waals surface area contributed by atoms with Crippen LogP contribution in [0.4, 0.5) is 5.69 Å². The van der Waals surface area contributed by atoms with E-state index >= 15 is 0 Å². The standard InChI is InChI=1S/C19H30N2O4/c1-18(2)12-5-13-19(3,4)21(18)25-17(14-22)11-8-15-6-9-16(10-7-15)20(23)24/h6-7,9-10,17,22H,5,8,11-14H2,1-4H3/t17-/m0/s1. The van der Waals surface area contributed by atoms with Gasteiger partial charge in [0.05, 0.1) is 11.5 Å². The van der Waals surface area contributed by atoms with Crippen molar-refractivity contribution in [2.45, 2.75) is 77.0 Å². The van der Waals surface area contributed by atoms with E-state index in [1.807, 2.05) is 0 Å². The molecule has 1 atom stereocenters. The van der Waals surface area contributed by atoms with Gasteiger partial charge in [0, 0.05) is 23.2 Å². The Morgan fingerprint density at radius 1 is 1.20 bits per heavy atom. The van der Waals surface area contributed by atoms with Gasteiger partial charge in [0.1, 0.15) is 6.10 Å². The average molecular weight is 350 g/mol. The number of nitrogens with zero attached hydrogens (tertiary/aromatic N) is 2. The molecule has 0 radical (unpaired) electrons. The number of piperidine rings is 1. The summed E-state index contributed by atoms with van der Waals surface area (Å²) in [6, 6.07) is 6.56. The van der Waals surface area contributed by atoms with Gasteiger partial charge in [-0.05, 0) is 65.4 Å². The van der Waals surface area contributed by atoms with Crippen molar-refractivity contribution >= 4 is 5.69 Å². The number of nitro benzene ring substituents is 1. The zero-order valence-corrected chi connectivity index (χ0v) is 15.7. The van der Waals surface area contributed by atoms with Gasteiger partial charge in [-0.25, -0.2) is 0 Å². The molecular formula is C19H30N2O4. The molecule has 140 valence electrons. The van der Waals surface area contributed by atoms with Crippen molar-refractivity contribution in [1.82, 2.24) is 5.06 Å². The van der Waals surface area contributed by atoms with E-state index in [0.29, 0.717) is 12.8 Å². The van der Waals surface area contributed by atoms with Crippen molar-refractivity contribution in [3.63, 3.8) is 0 Å². The normalized spacial score (nSPS) is 21.0. The molecule has 1 heterocycles. The van der Waals surface area contributed by atoms with Crippen molar-refractivity contribution in [3.8, 4) is 0 Å². The smallest absolute Gasteiger partial charge is 0.269 e. The summed E-state index contributed by atoms with van der Waals surface area (Å²) >= 11 is 0. The maximum Gasteiger partial charge on any atom is 0.269 e. The molecule has 0 bridgehead atoms. The second-order valence-electron chi connectivity index (χ2n) is 8.15. The summed E-state index contributed by atoms with van der Waals surface area (Å²) < 4.78 is 0. The summed E-state index contributed by atoms with van der Waals surface area (Å²) in [5.41, 5.74) is 0.964. The SMILES string of the molecule is CC1(C)CCCC(C)(C)N1O[C@H](CO)CCc1ccc([N+](=O)[O-])cc1. The highest BCUT2D eigenvalue weighted by Crippen LogP contribution is 2.39. The summed E-state index contributed by atoms with van der Waals surface area (Å²) in [6.07, 6.45) is 4.39. The van der Waals surface area contributed by atoms with Gasteiger partial charge in [0.25, 0.3) is 5.69 Å². The fraction of sp³-hybridized carbons (Fsp3) is 0.684. The minimum atomic E-state index is -0.399. The molecule has 1 saturated heterocycles. The monoisotopic (exact) mass is 350 g/mol. The number of nitro groups is 1. The fourth-order valence-electron chi connectivity index (χ4n) is 3.70. The second-order valence-corrected chi connectivity index (χ2v) is 8.15. The van der Waals surface area contributed by atoms with Crippen LogP contribution in [0.25, 0.3) is 0 Å². The van der Waals surface area contributed by atoms with Crippen LogP contribution in [0.2, 0.25) is 0 Å². The molecule has 1 fully saturated rings. The van der Waals surface area contributed by atoms with E-state index in [-0.39, 0.29) is 29.5 Å². The summed E-state index contributed by atoms with van der Waals surface area (Å²) in [7, 11) is 0. The van der Waals surface area contributed by atoms with Gasteiger partial charge in [-0.1, -0.05) is 12.1 Å². The van der Waals surface area contributed by atoms with Crippen LogP contribution in [0.3, 0.4) is 0 Å². The lowest BCUT2D eigenvalue weighted by atomic mass is 9.82. The van der Waals surface area contributed by atoms with Crippen LogP contribution in [-0.4, -0.2) is 38.9 Å². The van der Waals surface area contributed by atoms with Gasteiger partial charge in [-0.2, -0.15) is 5.06 Å². The van der Waals surface area contributed by atoms with E-state index in [4.69, 9.17) is 4.84 Å². The number of non-ortho nitro benzene ring substituents is 1. The second kappa shape index (κ2) is 7.81. The number of aliphatic hydroxyl groups excluding tert-OH is 1. The molecule has 6 heteroatoms. The maximum absolute atomic E-state index is 10.7. The maximum atomic E-state index is 10.7. The van der Waals surface area contributed by atoms with Crippen LogP contribution in [0.1, 0.15) is 58.9 Å². The minimum Gasteiger partial charge on any atom is -0.394 e. The third-order valence-corrected chi connectivity index (χ3v) is 5.04. The van der Waals surface area contributed by atoms with Gasteiger partial charge < -0.3 is 5.11 Å². The summed E-state index contributed by atoms with van der Waals surface area (Å²) in [5.74, 6) is 0. The fourth-order valence-corrected chi connectivity index (χ4v) is 3.70. The zero-order valence-electron chi connectivity index (χ0n) is 15.7. The van der Waals surface area contributed by atoms with Crippen molar-refractivity contribution in [1.29, 1.82) is 0 Å². The molecule has 0 aromatic heterocycles. The molecule has 1 aliphatic rings. The van der Waals surface area contributed by atoms with E-state index in [9.17, 15) is 15.2 Å². The van der Waals surface area contributed by atoms with Crippen LogP contribution in [0.15, 0.2) is 24.3 Å². The Kier molecular flexibility index (Phi) is 6.19. The average Bonchev–Trinajstić information content (AvgIpc) is 2.53. The van der Waals surface area contributed by atoms with Crippen LogP contribution in [0.5, 0.6) is 0 Å². The van der Waals surface area contributed by atoms with E-state index in [1.54, 1.807) is 12.1 Å². The number of rotatable bonds is 7. The minimum absolute atomic E-state index is 0.0460. The first-order chi connectivity index (χ1) is 11.7. The van der Waals surface area contributed by atoms with E-state index < -0.39 is 4.92 Å². The Bertz CT molecular complexity index is 568. The zero-order chi connectivity index (χ0) is 18.7. The van der Waals surface area contributed by atoms with Crippen LogP contribution >= 0.6 is 0 Å². The first-order valence-electron chi connectivity index (χ1n) is 8.97. The largest absolute Gasteiger partial charge is 0.394 e. The Labute approximate surface area is 149 Å². The summed E-state index contributed by atoms with van der Waals surface area (Å²) in [4.78, 5) is 16.5. The molecule has 1 aromatic rings. The molecule has 0 aliphatic carbocycles. The van der Waals surface area contributed by atoms with Gasteiger partial charge in [-0.3, -0.25) is 15.0 Å². The lowest BCUT2D eigenvalue weighted by Crippen LogP contribution is -2.59. The van der Waals surface area contributed by atoms with Crippen LogP contribution < -0.4 is 0 Å². The molecule has 1 aromatic carbocycles. The van der Waals surface area contributed by atoms with Crippen LogP contribution in [-0.2, 0) is 11.3 Å². The number of hydroxylamine groups is 2. The highest BCUT2D eigenvalue weighted by atomic mass is 16.7. The first-order valence-corrected chi connectivity index (χ1v) is 8.97. The molecule has 1 N–H and O–H groups in total. The Morgan fingerprint density at radius 3 is 2.24 bits per heavy atom. The molecule has 0 unspecified atom stereocenters. The number of hydrogen-bond donors (Lipinski definition) is 1. The van der Waals surface area contributed by atoms with Gasteiger partial charge >= 0.3 is 0 Å². The van der Waals surface area contributed by atoms with Crippen molar-refractivity contribution in [2.75, 3.05) is 6.61 Å². The van der Waals surface area contributed by atoms with Crippen molar-refractivity contribution in [3.05, 3.63) is 39.9 Å². The third-order valence-electron chi connectivity index (χ3n) is 5.04. The molecule has 2 rings (SSSR count). The van der Waals surface area contributed by atoms with Gasteiger partial charge in [0.15, 0.2) is 0 Å². The summed E-state index contributed by atoms with van der Waals surface area (Å²) in [5, 5.41) is 22.5. The number of aliphatic hydroxyl groups is 1. The molecule has 1 aliphatic heterocycles. The third kappa shape index (κ3) is 5.00. The van der Waals surface area contributed by atoms with Gasteiger partial charge in [-0.15, -0.1) is 0 Å². The predicted octanol–water partition coefficient (Wildman–Crippen LogP) is 3.86. The quantitative estimate of drug-likeness (QED) is 0.597. The number of benzene rings is 1. The Hall–Kier alpha value is -1.50. The lowest BCUT2D eigenvalue weighted by molar-refractivity contribution is -0.384. The first kappa shape index (κ1) is 19.8. The highest BCUT2D eigenvalue weighted by molar-refractivity contribution is 5.32. The molecule has 0 spiro atoms. The molecular weight excluding hydrogens is 320 g/mol. The van der Waals surface area contributed by atoms with E-state index in [0.717, 1.165) is 18.4 Å². The number of hydrogen-bond acceptors (Lipinski definition) is 5. The molecule has 0 amide bonds. The summed E-state index contributed by atoms with van der Waals surface area (Å²) in [6.45, 7) is 8.67. The van der Waals surface area contributed by atoms with E-state index in [2.05, 4.69) is 32.8 Å². The number of aryl methyl sites for hydroxylation is 1. The Morgan fingerprint density at radius 2 is 1.76 bits per heavy atom. The van der Waals surface area contributed by atoms with Gasteiger partial charge in [0.2, 0.25) is 0 Å². The predicted molar refractivity (Wildman–Crippen MR) is 97.2 cm³/mol. The molecule has 25 heavy (non-hydrogen) atoms. The van der Waals surface area contributed by atoms with Crippen molar-refractivity contribution < 1.29 is 14.9 Å². The lowest BCUT2D eigenvalue weighted by Gasteiger charge is -2.52. The molecule has 0 saturated carbocycles.